The Labute approximate surface area is 137 Å². The van der Waals surface area contributed by atoms with E-state index in [4.69, 9.17) is 0 Å². The van der Waals surface area contributed by atoms with E-state index in [1.165, 1.54) is 4.88 Å². The zero-order valence-electron chi connectivity index (χ0n) is 12.8. The average molecular weight is 334 g/mol. The van der Waals surface area contributed by atoms with Crippen LogP contribution in [0.25, 0.3) is 4.96 Å². The number of carbonyl (C=O) groups is 1. The minimum absolute atomic E-state index is 0.0110. The molecule has 1 atom stereocenters. The Morgan fingerprint density at radius 3 is 2.86 bits per heavy atom. The normalized spacial score (nSPS) is 12.7. The number of rotatable bonds is 5. The van der Waals surface area contributed by atoms with Gasteiger partial charge in [-0.25, -0.2) is 9.97 Å². The number of nitrogens with one attached hydrogen (secondary N) is 1. The number of carbonyl (C=O) groups excluding carboxylic acids is 1. The van der Waals surface area contributed by atoms with Crippen LogP contribution in [0.5, 0.6) is 0 Å². The van der Waals surface area contributed by atoms with E-state index in [1.807, 2.05) is 29.1 Å². The minimum atomic E-state index is -0.0198. The molecule has 1 unspecified atom stereocenters. The Balaban J connectivity index is 1.67. The van der Waals surface area contributed by atoms with E-state index in [0.717, 1.165) is 27.8 Å². The third-order valence-corrected chi connectivity index (χ3v) is 5.53. The minimum Gasteiger partial charge on any atom is -0.347 e. The fraction of sp³-hybridized carbons (Fsp3) is 0.400. The summed E-state index contributed by atoms with van der Waals surface area (Å²) < 4.78 is 1.94. The lowest BCUT2D eigenvalue weighted by Gasteiger charge is -2.13. The highest BCUT2D eigenvalue weighted by Gasteiger charge is 2.18. The van der Waals surface area contributed by atoms with Crippen molar-refractivity contribution >= 4 is 33.5 Å². The van der Waals surface area contributed by atoms with E-state index in [0.29, 0.717) is 6.42 Å². The second-order valence-electron chi connectivity index (χ2n) is 5.22. The van der Waals surface area contributed by atoms with Crippen LogP contribution in [0, 0.1) is 13.8 Å². The quantitative estimate of drug-likeness (QED) is 0.779. The maximum atomic E-state index is 12.3. The van der Waals surface area contributed by atoms with Crippen LogP contribution in [-0.2, 0) is 11.2 Å². The predicted octanol–water partition coefficient (Wildman–Crippen LogP) is 3.28. The number of imidazole rings is 1. The maximum absolute atomic E-state index is 12.3. The molecule has 0 fully saturated rings. The maximum Gasteiger partial charge on any atom is 0.226 e. The van der Waals surface area contributed by atoms with Crippen LogP contribution in [0.2, 0.25) is 0 Å². The predicted molar refractivity (Wildman–Crippen MR) is 89.5 cm³/mol. The van der Waals surface area contributed by atoms with Crippen LogP contribution in [0.1, 0.15) is 40.7 Å². The van der Waals surface area contributed by atoms with E-state index in [2.05, 4.69) is 29.1 Å². The first-order valence-corrected chi connectivity index (χ1v) is 8.90. The van der Waals surface area contributed by atoms with Gasteiger partial charge in [0.1, 0.15) is 5.01 Å². The van der Waals surface area contributed by atoms with Gasteiger partial charge in [-0.3, -0.25) is 9.20 Å². The van der Waals surface area contributed by atoms with Crippen LogP contribution >= 0.6 is 22.7 Å². The number of aromatic nitrogens is 3. The first kappa shape index (κ1) is 15.2. The molecule has 3 aromatic rings. The van der Waals surface area contributed by atoms with Crippen molar-refractivity contribution in [3.8, 4) is 0 Å². The first-order valence-electron chi connectivity index (χ1n) is 7.21. The van der Waals surface area contributed by atoms with Gasteiger partial charge >= 0.3 is 0 Å². The molecule has 0 saturated heterocycles. The molecule has 0 aliphatic rings. The molecule has 0 aliphatic carbocycles. The number of fused-ring (bicyclic) bond motifs is 1. The standard InChI is InChI=1S/C15H18N4OS2/c1-4-12(14-16-9(2)10(3)22-14)18-13(20)7-11-8-19-5-6-21-15(19)17-11/h5-6,8,12H,4,7H2,1-3H3,(H,18,20). The number of amides is 1. The SMILES string of the molecule is CCC(NC(=O)Cc1cn2ccsc2n1)c1nc(C)c(C)s1. The lowest BCUT2D eigenvalue weighted by atomic mass is 10.2. The van der Waals surface area contributed by atoms with Gasteiger partial charge in [-0.15, -0.1) is 22.7 Å². The Morgan fingerprint density at radius 1 is 1.41 bits per heavy atom. The van der Waals surface area contributed by atoms with Crippen molar-refractivity contribution in [3.05, 3.63) is 39.0 Å². The van der Waals surface area contributed by atoms with E-state index in [9.17, 15) is 4.79 Å². The van der Waals surface area contributed by atoms with Gasteiger partial charge in [0.2, 0.25) is 5.91 Å². The van der Waals surface area contributed by atoms with Crippen molar-refractivity contribution in [2.75, 3.05) is 0 Å². The summed E-state index contributed by atoms with van der Waals surface area (Å²) >= 11 is 3.22. The van der Waals surface area contributed by atoms with Gasteiger partial charge in [0.15, 0.2) is 4.96 Å². The highest BCUT2D eigenvalue weighted by Crippen LogP contribution is 2.25. The van der Waals surface area contributed by atoms with Crippen molar-refractivity contribution < 1.29 is 4.79 Å². The molecule has 0 spiro atoms. The van der Waals surface area contributed by atoms with Crippen LogP contribution in [0.4, 0.5) is 0 Å². The summed E-state index contributed by atoms with van der Waals surface area (Å²) in [5.41, 5.74) is 1.84. The van der Waals surface area contributed by atoms with Gasteiger partial charge in [-0.05, 0) is 20.3 Å². The van der Waals surface area contributed by atoms with Gasteiger partial charge in [-0.2, -0.15) is 0 Å². The van der Waals surface area contributed by atoms with Gasteiger partial charge in [0, 0.05) is 22.7 Å². The monoisotopic (exact) mass is 334 g/mol. The smallest absolute Gasteiger partial charge is 0.226 e. The second kappa shape index (κ2) is 6.18. The summed E-state index contributed by atoms with van der Waals surface area (Å²) in [4.78, 5) is 23.4. The molecule has 3 rings (SSSR count). The van der Waals surface area contributed by atoms with Crippen molar-refractivity contribution in [2.45, 2.75) is 39.7 Å². The van der Waals surface area contributed by atoms with Gasteiger partial charge < -0.3 is 5.32 Å². The highest BCUT2D eigenvalue weighted by molar-refractivity contribution is 7.15. The van der Waals surface area contributed by atoms with Crippen molar-refractivity contribution in [1.82, 2.24) is 19.7 Å². The number of hydrogen-bond donors (Lipinski definition) is 1. The summed E-state index contributed by atoms with van der Waals surface area (Å²) in [6.07, 6.45) is 4.99. The molecule has 0 aromatic carbocycles. The van der Waals surface area contributed by atoms with Gasteiger partial charge in [0.05, 0.1) is 23.9 Å². The Hall–Kier alpha value is -1.73. The largest absolute Gasteiger partial charge is 0.347 e. The second-order valence-corrected chi connectivity index (χ2v) is 7.33. The molecule has 3 heterocycles. The lowest BCUT2D eigenvalue weighted by molar-refractivity contribution is -0.121. The Kier molecular flexibility index (Phi) is 4.26. The molecule has 5 nitrogen and oxygen atoms in total. The molecule has 0 saturated carbocycles. The van der Waals surface area contributed by atoms with Crippen LogP contribution in [0.3, 0.4) is 0 Å². The summed E-state index contributed by atoms with van der Waals surface area (Å²) in [5, 5.41) is 6.03. The molecule has 3 aromatic heterocycles. The summed E-state index contributed by atoms with van der Waals surface area (Å²) in [7, 11) is 0. The zero-order chi connectivity index (χ0) is 15.7. The molecule has 1 amide bonds. The van der Waals surface area contributed by atoms with Crippen molar-refractivity contribution in [1.29, 1.82) is 0 Å². The van der Waals surface area contributed by atoms with Crippen LogP contribution < -0.4 is 5.32 Å². The number of hydrogen-bond acceptors (Lipinski definition) is 5. The number of thiazole rings is 2. The zero-order valence-corrected chi connectivity index (χ0v) is 14.4. The van der Waals surface area contributed by atoms with Gasteiger partial charge in [0.25, 0.3) is 0 Å². The molecule has 116 valence electrons. The lowest BCUT2D eigenvalue weighted by Crippen LogP contribution is -2.29. The summed E-state index contributed by atoms with van der Waals surface area (Å²) in [6, 6.07) is -0.0198. The van der Waals surface area contributed by atoms with E-state index < -0.39 is 0 Å². The molecule has 22 heavy (non-hydrogen) atoms. The first-order chi connectivity index (χ1) is 10.6. The van der Waals surface area contributed by atoms with E-state index >= 15 is 0 Å². The third-order valence-electron chi connectivity index (χ3n) is 3.57. The fourth-order valence-corrected chi connectivity index (χ4v) is 4.03. The van der Waals surface area contributed by atoms with Crippen LogP contribution in [-0.4, -0.2) is 20.3 Å². The molecule has 7 heteroatoms. The van der Waals surface area contributed by atoms with Crippen molar-refractivity contribution in [3.63, 3.8) is 0 Å². The molecule has 1 N–H and O–H groups in total. The molecule has 0 aliphatic heterocycles. The molecule has 0 bridgehead atoms. The van der Waals surface area contributed by atoms with Gasteiger partial charge in [-0.1, -0.05) is 6.92 Å². The van der Waals surface area contributed by atoms with Crippen molar-refractivity contribution in [2.24, 2.45) is 0 Å². The topological polar surface area (TPSA) is 59.3 Å². The number of aryl methyl sites for hydroxylation is 2. The third kappa shape index (κ3) is 3.05. The van der Waals surface area contributed by atoms with Crippen LogP contribution in [0.15, 0.2) is 17.8 Å². The highest BCUT2D eigenvalue weighted by atomic mass is 32.1. The van der Waals surface area contributed by atoms with E-state index in [1.54, 1.807) is 22.7 Å². The fourth-order valence-electron chi connectivity index (χ4n) is 2.26. The Morgan fingerprint density at radius 2 is 2.23 bits per heavy atom. The molecule has 0 radical (unpaired) electrons. The Bertz CT molecular complexity index is 754. The summed E-state index contributed by atoms with van der Waals surface area (Å²) in [6.45, 7) is 6.12. The van der Waals surface area contributed by atoms with E-state index in [-0.39, 0.29) is 11.9 Å². The molecular weight excluding hydrogens is 316 g/mol. The summed E-state index contributed by atoms with van der Waals surface area (Å²) in [5.74, 6) is -0.0110. The average Bonchev–Trinajstić information content (AvgIpc) is 3.12. The molecular formula is C15H18N4OS2. The number of nitrogens with zero attached hydrogens (tertiary/aromatic N) is 3.